The van der Waals surface area contributed by atoms with Gasteiger partial charge in [0.15, 0.2) is 5.82 Å². The van der Waals surface area contributed by atoms with Crippen molar-refractivity contribution in [2.24, 2.45) is 13.0 Å². The second-order valence-corrected chi connectivity index (χ2v) is 12.4. The van der Waals surface area contributed by atoms with Crippen LogP contribution in [0.4, 0.5) is 28.8 Å². The molecule has 0 bridgehead atoms. The van der Waals surface area contributed by atoms with E-state index in [-0.39, 0.29) is 29.5 Å². The highest BCUT2D eigenvalue weighted by molar-refractivity contribution is 6.32. The van der Waals surface area contributed by atoms with E-state index in [1.165, 1.54) is 6.20 Å². The number of benzene rings is 2. The fourth-order valence-corrected chi connectivity index (χ4v) is 6.36. The number of aromatic nitrogens is 4. The van der Waals surface area contributed by atoms with Gasteiger partial charge in [0, 0.05) is 62.5 Å². The van der Waals surface area contributed by atoms with Crippen LogP contribution in [0.3, 0.4) is 0 Å². The molecule has 3 aliphatic rings. The van der Waals surface area contributed by atoms with Gasteiger partial charge < -0.3 is 20.4 Å². The van der Waals surface area contributed by atoms with Crippen molar-refractivity contribution in [1.29, 1.82) is 0 Å². The van der Waals surface area contributed by atoms with Crippen LogP contribution in [0, 0.1) is 5.92 Å². The number of anilines is 5. The Bertz CT molecular complexity index is 1910. The summed E-state index contributed by atoms with van der Waals surface area (Å²) in [6, 6.07) is 11.6. The number of aryl methyl sites for hydroxylation is 1. The number of halogens is 1. The lowest BCUT2D eigenvalue weighted by Gasteiger charge is -2.30. The molecule has 4 aromatic rings. The molecule has 0 aliphatic carbocycles. The Morgan fingerprint density at radius 2 is 1.85 bits per heavy atom. The van der Waals surface area contributed by atoms with Crippen LogP contribution in [0.2, 0.25) is 5.02 Å². The lowest BCUT2D eigenvalue weighted by molar-refractivity contribution is -0.134. The van der Waals surface area contributed by atoms with Gasteiger partial charge in [-0.3, -0.25) is 29.2 Å². The molecule has 47 heavy (non-hydrogen) atoms. The topological polar surface area (TPSA) is 154 Å². The maximum atomic E-state index is 12.5. The fourth-order valence-electron chi connectivity index (χ4n) is 6.22. The quantitative estimate of drug-likeness (QED) is 0.267. The third-order valence-corrected chi connectivity index (χ3v) is 9.11. The van der Waals surface area contributed by atoms with Crippen molar-refractivity contribution in [2.75, 3.05) is 41.1 Å². The average Bonchev–Trinajstić information content (AvgIpc) is 3.53. The van der Waals surface area contributed by atoms with Gasteiger partial charge in [-0.15, -0.1) is 0 Å². The summed E-state index contributed by atoms with van der Waals surface area (Å²) < 4.78 is 1.75. The zero-order valence-electron chi connectivity index (χ0n) is 26.6. The highest BCUT2D eigenvalue weighted by Crippen LogP contribution is 2.34. The zero-order chi connectivity index (χ0) is 33.4. The molecule has 0 saturated carbocycles. The summed E-state index contributed by atoms with van der Waals surface area (Å²) in [6.45, 7) is 2.70. The molecule has 5 heterocycles. The van der Waals surface area contributed by atoms with Crippen molar-refractivity contribution in [2.45, 2.75) is 44.9 Å². The first-order valence-corrected chi connectivity index (χ1v) is 15.9. The molecule has 7 rings (SSSR count). The molecule has 244 valence electrons. The van der Waals surface area contributed by atoms with E-state index in [9.17, 15) is 19.2 Å². The summed E-state index contributed by atoms with van der Waals surface area (Å²) in [5.74, 6) is 0.371. The number of nitrogens with zero attached hydrogens (tertiary/aromatic N) is 6. The number of likely N-dealkylation sites (N-methyl/N-ethyl adjacent to an activating group) is 1. The predicted molar refractivity (Wildman–Crippen MR) is 180 cm³/mol. The number of imide groups is 1. The van der Waals surface area contributed by atoms with Gasteiger partial charge in [0.1, 0.15) is 5.02 Å². The number of piperidine rings is 2. The minimum Gasteiger partial charge on any atom is -0.357 e. The number of fused-ring (bicyclic) bond motifs is 2. The fraction of sp³-hybridized carbons (Fsp3) is 0.364. The number of amides is 4. The number of nitrogens with one attached hydrogen (secondary N) is 3. The molecule has 2 atom stereocenters. The van der Waals surface area contributed by atoms with E-state index in [0.29, 0.717) is 41.7 Å². The van der Waals surface area contributed by atoms with E-state index in [4.69, 9.17) is 11.6 Å². The largest absolute Gasteiger partial charge is 0.357 e. The Hall–Kier alpha value is -5.04. The van der Waals surface area contributed by atoms with Gasteiger partial charge in [-0.1, -0.05) is 18.5 Å². The van der Waals surface area contributed by atoms with Gasteiger partial charge in [0.2, 0.25) is 29.6 Å². The van der Waals surface area contributed by atoms with Crippen molar-refractivity contribution < 1.29 is 19.2 Å². The number of hydrogen-bond acceptors (Lipinski definition) is 9. The monoisotopic (exact) mass is 657 g/mol. The molecule has 2 aromatic carbocycles. The lowest BCUT2D eigenvalue weighted by Crippen LogP contribution is -2.40. The molecule has 3 N–H and O–H groups in total. The Morgan fingerprint density at radius 3 is 2.62 bits per heavy atom. The summed E-state index contributed by atoms with van der Waals surface area (Å²) in [4.78, 5) is 59.6. The number of carbonyl (C=O) groups is 4. The number of rotatable bonds is 5. The molecule has 3 aliphatic heterocycles. The van der Waals surface area contributed by atoms with E-state index in [0.717, 1.165) is 52.9 Å². The van der Waals surface area contributed by atoms with Crippen LogP contribution in [0.1, 0.15) is 49.8 Å². The first kappa shape index (κ1) is 31.9. The summed E-state index contributed by atoms with van der Waals surface area (Å²) in [7, 11) is 5.35. The Balaban J connectivity index is 0.000000168. The van der Waals surface area contributed by atoms with Crippen LogP contribution in [-0.4, -0.2) is 64.0 Å². The van der Waals surface area contributed by atoms with E-state index in [1.807, 2.05) is 55.3 Å². The van der Waals surface area contributed by atoms with Crippen molar-refractivity contribution in [1.82, 2.24) is 25.1 Å². The Kier molecular flexibility index (Phi) is 8.82. The maximum Gasteiger partial charge on any atom is 0.235 e. The normalized spacial score (nSPS) is 19.3. The molecule has 2 fully saturated rings. The predicted octanol–water partition coefficient (Wildman–Crippen LogP) is 4.29. The van der Waals surface area contributed by atoms with E-state index < -0.39 is 5.92 Å². The summed E-state index contributed by atoms with van der Waals surface area (Å²) in [6.07, 6.45) is 4.68. The molecule has 14 heteroatoms. The summed E-state index contributed by atoms with van der Waals surface area (Å²) in [5, 5.41) is 14.3. The van der Waals surface area contributed by atoms with E-state index >= 15 is 0 Å². The highest BCUT2D eigenvalue weighted by Gasteiger charge is 2.32. The molecule has 2 unspecified atom stereocenters. The van der Waals surface area contributed by atoms with Crippen LogP contribution >= 0.6 is 11.6 Å². The number of hydrogen-bond donors (Lipinski definition) is 3. The summed E-state index contributed by atoms with van der Waals surface area (Å²) in [5.41, 5.74) is 5.21. The lowest BCUT2D eigenvalue weighted by atomic mass is 9.92. The highest BCUT2D eigenvalue weighted by atomic mass is 35.5. The van der Waals surface area contributed by atoms with E-state index in [2.05, 4.69) is 31.0 Å². The van der Waals surface area contributed by atoms with Crippen LogP contribution in [-0.2, 0) is 32.6 Å². The van der Waals surface area contributed by atoms with Crippen LogP contribution in [0.5, 0.6) is 0 Å². The van der Waals surface area contributed by atoms with E-state index in [1.54, 1.807) is 23.7 Å². The smallest absolute Gasteiger partial charge is 0.235 e. The van der Waals surface area contributed by atoms with Gasteiger partial charge in [-0.05, 0) is 61.2 Å². The molecule has 2 saturated heterocycles. The van der Waals surface area contributed by atoms with Gasteiger partial charge >= 0.3 is 0 Å². The molecular weight excluding hydrogens is 622 g/mol. The SMILES string of the molecule is CC1CCCN(c2ccc3c(C4CCC(=O)NC4=O)nn(C)c3c2)C1=O.CNc1ncc(Cl)c(Nc2ccc3c(c2)CC(=O)N3C)n1. The zero-order valence-corrected chi connectivity index (χ0v) is 27.4. The first-order chi connectivity index (χ1) is 22.5. The minimum atomic E-state index is -0.418. The van der Waals surface area contributed by atoms with Gasteiger partial charge in [0.25, 0.3) is 0 Å². The molecule has 13 nitrogen and oxygen atoms in total. The van der Waals surface area contributed by atoms with Gasteiger partial charge in [0.05, 0.1) is 29.7 Å². The molecule has 4 amide bonds. The Labute approximate surface area is 276 Å². The van der Waals surface area contributed by atoms with Crippen molar-refractivity contribution in [3.63, 3.8) is 0 Å². The number of carbonyl (C=O) groups excluding carboxylic acids is 4. The molecule has 0 spiro atoms. The third-order valence-electron chi connectivity index (χ3n) is 8.84. The van der Waals surface area contributed by atoms with Crippen LogP contribution in [0.15, 0.2) is 42.6 Å². The van der Waals surface area contributed by atoms with Crippen LogP contribution in [0.25, 0.3) is 10.9 Å². The van der Waals surface area contributed by atoms with Gasteiger partial charge in [-0.25, -0.2) is 4.98 Å². The maximum absolute atomic E-state index is 12.5. The van der Waals surface area contributed by atoms with Gasteiger partial charge in [-0.2, -0.15) is 10.1 Å². The molecular formula is C33H36ClN9O4. The van der Waals surface area contributed by atoms with Crippen molar-refractivity contribution in [3.05, 3.63) is 58.9 Å². The third kappa shape index (κ3) is 6.35. The second-order valence-electron chi connectivity index (χ2n) is 12.0. The van der Waals surface area contributed by atoms with Crippen molar-refractivity contribution >= 4 is 75.0 Å². The molecule has 2 aromatic heterocycles. The molecule has 0 radical (unpaired) electrons. The van der Waals surface area contributed by atoms with Crippen LogP contribution < -0.4 is 25.8 Å². The standard InChI is InChI=1S/C19H22N4O3.C14H14ClN5O/c1-11-4-3-9-23(19(11)26)12-5-6-13-15(10-12)22(2)21-17(13)14-7-8-16(24)20-18(14)25;1-16-14-17-7-10(15)13(19-14)18-9-3-4-11-8(5-9)6-12(21)20(11)2/h5-6,10-11,14H,3-4,7-9H2,1-2H3,(H,20,24,25);3-5,7H,6H2,1-2H3,(H2,16,17,18,19). The first-order valence-electron chi connectivity index (χ1n) is 15.5. The van der Waals surface area contributed by atoms with Crippen molar-refractivity contribution in [3.8, 4) is 0 Å². The second kappa shape index (κ2) is 13.0. The average molecular weight is 658 g/mol. The Morgan fingerprint density at radius 1 is 1.04 bits per heavy atom. The minimum absolute atomic E-state index is 0.0463. The summed E-state index contributed by atoms with van der Waals surface area (Å²) >= 11 is 6.09.